The Labute approximate surface area is 127 Å². The highest BCUT2D eigenvalue weighted by Gasteiger charge is 2.12. The highest BCUT2D eigenvalue weighted by molar-refractivity contribution is 9.10. The number of nitrogens with one attached hydrogen (secondary N) is 2. The van der Waals surface area contributed by atoms with Gasteiger partial charge in [-0.1, -0.05) is 0 Å². The van der Waals surface area contributed by atoms with E-state index in [1.807, 2.05) is 0 Å². The van der Waals surface area contributed by atoms with Crippen molar-refractivity contribution in [2.45, 2.75) is 25.4 Å². The number of rotatable bonds is 7. The maximum atomic E-state index is 5.83. The van der Waals surface area contributed by atoms with Crippen LogP contribution in [0.4, 0.5) is 5.95 Å². The Kier molecular flexibility index (Phi) is 6.49. The van der Waals surface area contributed by atoms with E-state index in [0.29, 0.717) is 17.9 Å². The quantitative estimate of drug-likeness (QED) is 0.735. The maximum Gasteiger partial charge on any atom is 0.232 e. The van der Waals surface area contributed by atoms with Gasteiger partial charge in [-0.05, 0) is 48.3 Å². The Hall–Kier alpha value is -0.920. The Morgan fingerprint density at radius 3 is 3.00 bits per heavy atom. The highest BCUT2D eigenvalue weighted by Crippen LogP contribution is 2.21. The number of hydrogen-bond donors (Lipinski definition) is 2. The third-order valence-corrected chi connectivity index (χ3v) is 3.69. The van der Waals surface area contributed by atoms with Crippen LogP contribution in [0.3, 0.4) is 0 Å². The second-order valence-corrected chi connectivity index (χ2v) is 5.51. The summed E-state index contributed by atoms with van der Waals surface area (Å²) in [4.78, 5) is 8.41. The molecule has 1 aromatic heterocycles. The fraction of sp³-hybridized carbons (Fsp3) is 0.692. The van der Waals surface area contributed by atoms with Crippen LogP contribution in [-0.4, -0.2) is 49.4 Å². The molecule has 1 aliphatic heterocycles. The molecule has 0 atom stereocenters. The summed E-state index contributed by atoms with van der Waals surface area (Å²) in [7, 11) is 1.59. The SMILES string of the molecule is COc1nc(NCCCOC2CCNCC2)ncc1Br. The van der Waals surface area contributed by atoms with Crippen LogP contribution < -0.4 is 15.4 Å². The predicted molar refractivity (Wildman–Crippen MR) is 81.2 cm³/mol. The Balaban J connectivity index is 1.63. The van der Waals surface area contributed by atoms with Gasteiger partial charge in [0, 0.05) is 13.2 Å². The lowest BCUT2D eigenvalue weighted by atomic mass is 10.1. The van der Waals surface area contributed by atoms with Gasteiger partial charge in [0.05, 0.1) is 23.9 Å². The minimum Gasteiger partial charge on any atom is -0.480 e. The summed E-state index contributed by atoms with van der Waals surface area (Å²) >= 11 is 3.32. The fourth-order valence-electron chi connectivity index (χ4n) is 2.06. The number of methoxy groups -OCH3 is 1. The first-order valence-corrected chi connectivity index (χ1v) is 7.71. The van der Waals surface area contributed by atoms with Gasteiger partial charge in [0.25, 0.3) is 0 Å². The maximum absolute atomic E-state index is 5.83. The van der Waals surface area contributed by atoms with Gasteiger partial charge in [0.1, 0.15) is 0 Å². The molecule has 20 heavy (non-hydrogen) atoms. The van der Waals surface area contributed by atoms with Gasteiger partial charge < -0.3 is 20.1 Å². The molecular formula is C13H21BrN4O2. The molecule has 0 bridgehead atoms. The number of anilines is 1. The van der Waals surface area contributed by atoms with E-state index in [-0.39, 0.29) is 0 Å². The number of ether oxygens (including phenoxy) is 2. The van der Waals surface area contributed by atoms with Crippen LogP contribution in [0.2, 0.25) is 0 Å². The zero-order valence-corrected chi connectivity index (χ0v) is 13.3. The third kappa shape index (κ3) is 4.88. The van der Waals surface area contributed by atoms with Gasteiger partial charge in [-0.3, -0.25) is 0 Å². The molecule has 0 unspecified atom stereocenters. The van der Waals surface area contributed by atoms with Gasteiger partial charge in [-0.2, -0.15) is 4.98 Å². The summed E-state index contributed by atoms with van der Waals surface area (Å²) in [6.45, 7) is 3.69. The van der Waals surface area contributed by atoms with E-state index in [4.69, 9.17) is 9.47 Å². The van der Waals surface area contributed by atoms with E-state index >= 15 is 0 Å². The van der Waals surface area contributed by atoms with Crippen molar-refractivity contribution < 1.29 is 9.47 Å². The Bertz CT molecular complexity index is 413. The van der Waals surface area contributed by atoms with E-state index in [0.717, 1.165) is 50.0 Å². The first-order chi connectivity index (χ1) is 9.79. The van der Waals surface area contributed by atoms with Crippen molar-refractivity contribution in [1.82, 2.24) is 15.3 Å². The lowest BCUT2D eigenvalue weighted by Crippen LogP contribution is -2.32. The molecule has 7 heteroatoms. The number of nitrogens with zero attached hydrogens (tertiary/aromatic N) is 2. The number of hydrogen-bond acceptors (Lipinski definition) is 6. The van der Waals surface area contributed by atoms with Crippen LogP contribution in [0.5, 0.6) is 5.88 Å². The number of halogens is 1. The second-order valence-electron chi connectivity index (χ2n) is 4.65. The minimum absolute atomic E-state index is 0.417. The van der Waals surface area contributed by atoms with E-state index < -0.39 is 0 Å². The van der Waals surface area contributed by atoms with Crippen molar-refractivity contribution in [1.29, 1.82) is 0 Å². The van der Waals surface area contributed by atoms with Crippen LogP contribution in [0.15, 0.2) is 10.7 Å². The number of aromatic nitrogens is 2. The molecule has 6 nitrogen and oxygen atoms in total. The topological polar surface area (TPSA) is 68.3 Å². The summed E-state index contributed by atoms with van der Waals surface area (Å²) < 4.78 is 11.7. The zero-order valence-electron chi connectivity index (χ0n) is 11.7. The first-order valence-electron chi connectivity index (χ1n) is 6.92. The molecule has 0 amide bonds. The summed E-state index contributed by atoms with van der Waals surface area (Å²) in [5, 5.41) is 6.50. The third-order valence-electron chi connectivity index (χ3n) is 3.15. The normalized spacial score (nSPS) is 16.1. The van der Waals surface area contributed by atoms with Crippen molar-refractivity contribution in [3.63, 3.8) is 0 Å². The van der Waals surface area contributed by atoms with Crippen molar-refractivity contribution in [3.05, 3.63) is 10.7 Å². The van der Waals surface area contributed by atoms with E-state index in [2.05, 4.69) is 36.5 Å². The molecule has 0 aliphatic carbocycles. The summed E-state index contributed by atoms with van der Waals surface area (Å²) in [5.41, 5.74) is 0. The standard InChI is InChI=1S/C13H21BrN4O2/c1-19-12-11(14)9-17-13(18-12)16-5-2-8-20-10-3-6-15-7-4-10/h9-10,15H,2-8H2,1H3,(H,16,17,18). The van der Waals surface area contributed by atoms with Crippen molar-refractivity contribution in [2.24, 2.45) is 0 Å². The van der Waals surface area contributed by atoms with Crippen LogP contribution >= 0.6 is 15.9 Å². The molecule has 2 heterocycles. The zero-order chi connectivity index (χ0) is 14.2. The monoisotopic (exact) mass is 344 g/mol. The van der Waals surface area contributed by atoms with Crippen LogP contribution in [0, 0.1) is 0 Å². The van der Waals surface area contributed by atoms with Gasteiger partial charge in [-0.25, -0.2) is 4.98 Å². The smallest absolute Gasteiger partial charge is 0.232 e. The van der Waals surface area contributed by atoms with E-state index in [1.54, 1.807) is 13.3 Å². The average Bonchev–Trinajstić information content (AvgIpc) is 2.49. The lowest BCUT2D eigenvalue weighted by Gasteiger charge is -2.22. The summed E-state index contributed by atoms with van der Waals surface area (Å²) in [6.07, 6.45) is 5.26. The van der Waals surface area contributed by atoms with Gasteiger partial charge in [0.2, 0.25) is 11.8 Å². The largest absolute Gasteiger partial charge is 0.480 e. The molecule has 0 spiro atoms. The molecule has 2 N–H and O–H groups in total. The van der Waals surface area contributed by atoms with Crippen molar-refractivity contribution in [2.75, 3.05) is 38.7 Å². The molecule has 0 saturated carbocycles. The van der Waals surface area contributed by atoms with Crippen molar-refractivity contribution in [3.8, 4) is 5.88 Å². The Morgan fingerprint density at radius 1 is 1.45 bits per heavy atom. The Morgan fingerprint density at radius 2 is 2.25 bits per heavy atom. The van der Waals surface area contributed by atoms with E-state index in [9.17, 15) is 0 Å². The van der Waals surface area contributed by atoms with Crippen LogP contribution in [0.1, 0.15) is 19.3 Å². The molecule has 1 fully saturated rings. The lowest BCUT2D eigenvalue weighted by molar-refractivity contribution is 0.0329. The van der Waals surface area contributed by atoms with Gasteiger partial charge in [-0.15, -0.1) is 0 Å². The fourth-order valence-corrected chi connectivity index (χ4v) is 2.42. The molecule has 1 aromatic rings. The molecule has 112 valence electrons. The molecule has 0 aromatic carbocycles. The van der Waals surface area contributed by atoms with Gasteiger partial charge in [0.15, 0.2) is 0 Å². The molecule has 2 rings (SSSR count). The summed E-state index contributed by atoms with van der Waals surface area (Å²) in [6, 6.07) is 0. The van der Waals surface area contributed by atoms with Gasteiger partial charge >= 0.3 is 0 Å². The van der Waals surface area contributed by atoms with Crippen LogP contribution in [0.25, 0.3) is 0 Å². The molecular weight excluding hydrogens is 324 g/mol. The molecule has 0 radical (unpaired) electrons. The second kappa shape index (κ2) is 8.39. The van der Waals surface area contributed by atoms with Crippen LogP contribution in [-0.2, 0) is 4.74 Å². The molecule has 1 aliphatic rings. The highest BCUT2D eigenvalue weighted by atomic mass is 79.9. The molecule has 1 saturated heterocycles. The number of piperidine rings is 1. The minimum atomic E-state index is 0.417. The van der Waals surface area contributed by atoms with E-state index in [1.165, 1.54) is 0 Å². The van der Waals surface area contributed by atoms with Crippen molar-refractivity contribution >= 4 is 21.9 Å². The first kappa shape index (κ1) is 15.5. The predicted octanol–water partition coefficient (Wildman–Crippen LogP) is 1.82. The average molecular weight is 345 g/mol. The summed E-state index contributed by atoms with van der Waals surface area (Å²) in [5.74, 6) is 1.11.